The van der Waals surface area contributed by atoms with Crippen LogP contribution in [0.4, 0.5) is 5.69 Å². The summed E-state index contributed by atoms with van der Waals surface area (Å²) in [7, 11) is 1.63. The van der Waals surface area contributed by atoms with Crippen LogP contribution in [-0.4, -0.2) is 10.5 Å². The Balaban J connectivity index is 2.78. The minimum absolute atomic E-state index is 0.227. The number of nitrogens with zero attached hydrogens (tertiary/aromatic N) is 1. The lowest BCUT2D eigenvalue weighted by molar-refractivity contribution is -0.111. The number of aromatic nitrogens is 1. The van der Waals surface area contributed by atoms with Gasteiger partial charge in [0, 0.05) is 19.3 Å². The molecule has 0 saturated carbocycles. The van der Waals surface area contributed by atoms with Gasteiger partial charge in [0.2, 0.25) is 5.91 Å². The van der Waals surface area contributed by atoms with Gasteiger partial charge in [-0.05, 0) is 19.1 Å². The van der Waals surface area contributed by atoms with Gasteiger partial charge in [0.05, 0.1) is 0 Å². The Labute approximate surface area is 93.9 Å². The molecule has 1 amide bonds. The third-order valence-corrected chi connectivity index (χ3v) is 1.93. The molecule has 84 valence electrons. The fourth-order valence-electron chi connectivity index (χ4n) is 1.12. The Morgan fingerprint density at radius 2 is 2.19 bits per heavy atom. The maximum atomic E-state index is 11.5. The summed E-state index contributed by atoms with van der Waals surface area (Å²) in [5, 5.41) is 2.52. The van der Waals surface area contributed by atoms with Crippen molar-refractivity contribution in [1.82, 2.24) is 4.57 Å². The lowest BCUT2D eigenvalue weighted by atomic mass is 10.3. The molecule has 0 atom stereocenters. The van der Waals surface area contributed by atoms with Crippen molar-refractivity contribution in [1.29, 1.82) is 0 Å². The number of anilines is 1. The highest BCUT2D eigenvalue weighted by molar-refractivity contribution is 5.99. The predicted octanol–water partition coefficient (Wildman–Crippen LogP) is 1.46. The van der Waals surface area contributed by atoms with Crippen molar-refractivity contribution >= 4 is 11.6 Å². The molecule has 0 radical (unpaired) electrons. The first-order chi connectivity index (χ1) is 7.65. The summed E-state index contributed by atoms with van der Waals surface area (Å²) < 4.78 is 1.41. The summed E-state index contributed by atoms with van der Waals surface area (Å²) in [6, 6.07) is 3.27. The summed E-state index contributed by atoms with van der Waals surface area (Å²) in [5.74, 6) is -0.318. The van der Waals surface area contributed by atoms with E-state index in [1.165, 1.54) is 10.6 Å². The van der Waals surface area contributed by atoms with E-state index in [0.29, 0.717) is 0 Å². The number of hydrogen-bond acceptors (Lipinski definition) is 2. The number of carbonyl (C=O) groups excluding carboxylic acids is 1. The number of amides is 1. The number of hydrogen-bond donors (Lipinski definition) is 1. The summed E-state index contributed by atoms with van der Waals surface area (Å²) in [5.41, 5.74) is 0.0513. The van der Waals surface area contributed by atoms with Crippen molar-refractivity contribution in [3.63, 3.8) is 0 Å². The van der Waals surface area contributed by atoms with Crippen LogP contribution in [0.5, 0.6) is 0 Å². The maximum Gasteiger partial charge on any atom is 0.274 e. The van der Waals surface area contributed by atoms with E-state index in [4.69, 9.17) is 0 Å². The molecule has 0 aliphatic heterocycles. The van der Waals surface area contributed by atoms with Crippen LogP contribution in [0.3, 0.4) is 0 Å². The van der Waals surface area contributed by atoms with Crippen molar-refractivity contribution in [2.24, 2.45) is 7.05 Å². The first-order valence-electron chi connectivity index (χ1n) is 4.91. The number of nitrogens with one attached hydrogen (secondary N) is 1. The van der Waals surface area contributed by atoms with Crippen molar-refractivity contribution in [3.8, 4) is 0 Å². The molecule has 0 saturated heterocycles. The van der Waals surface area contributed by atoms with E-state index < -0.39 is 0 Å². The van der Waals surface area contributed by atoms with Gasteiger partial charge in [0.15, 0.2) is 0 Å². The van der Waals surface area contributed by atoms with E-state index in [1.807, 2.05) is 13.0 Å². The van der Waals surface area contributed by atoms with Crippen molar-refractivity contribution in [2.75, 3.05) is 5.32 Å². The van der Waals surface area contributed by atoms with E-state index in [1.54, 1.807) is 37.5 Å². The van der Waals surface area contributed by atoms with Gasteiger partial charge in [-0.3, -0.25) is 9.59 Å². The normalized spacial score (nSPS) is 11.1. The summed E-state index contributed by atoms with van der Waals surface area (Å²) in [4.78, 5) is 22.9. The largest absolute Gasteiger partial charge is 0.318 e. The number of rotatable bonds is 3. The average molecular weight is 218 g/mol. The molecule has 0 spiro atoms. The van der Waals surface area contributed by atoms with Crippen LogP contribution in [-0.2, 0) is 11.8 Å². The van der Waals surface area contributed by atoms with Gasteiger partial charge in [-0.15, -0.1) is 0 Å². The van der Waals surface area contributed by atoms with Gasteiger partial charge in [-0.1, -0.05) is 18.2 Å². The molecule has 0 bridgehead atoms. The molecular weight excluding hydrogens is 204 g/mol. The van der Waals surface area contributed by atoms with Crippen LogP contribution in [0, 0.1) is 0 Å². The predicted molar refractivity (Wildman–Crippen MR) is 64.3 cm³/mol. The Morgan fingerprint density at radius 3 is 2.88 bits per heavy atom. The van der Waals surface area contributed by atoms with Crippen molar-refractivity contribution in [3.05, 3.63) is 53.0 Å². The van der Waals surface area contributed by atoms with Gasteiger partial charge in [0.25, 0.3) is 5.56 Å². The second-order valence-corrected chi connectivity index (χ2v) is 3.21. The molecule has 0 aliphatic carbocycles. The molecule has 0 aromatic carbocycles. The molecule has 1 heterocycles. The first kappa shape index (κ1) is 12.0. The third kappa shape index (κ3) is 3.24. The number of carbonyl (C=O) groups is 1. The molecule has 1 aromatic heterocycles. The maximum absolute atomic E-state index is 11.5. The van der Waals surface area contributed by atoms with Crippen LogP contribution < -0.4 is 10.9 Å². The zero-order valence-electron chi connectivity index (χ0n) is 9.31. The standard InChI is InChI=1S/C12H14N2O2/c1-3-4-5-8-11(15)13-10-7-6-9-14(2)12(10)16/h3-9H,1-2H3,(H,13,15). The summed E-state index contributed by atoms with van der Waals surface area (Å²) in [6.07, 6.45) is 8.16. The molecule has 1 aromatic rings. The third-order valence-electron chi connectivity index (χ3n) is 1.93. The highest BCUT2D eigenvalue weighted by Gasteiger charge is 2.02. The minimum Gasteiger partial charge on any atom is -0.318 e. The fraction of sp³-hybridized carbons (Fsp3) is 0.167. The van der Waals surface area contributed by atoms with Crippen LogP contribution in [0.2, 0.25) is 0 Å². The lowest BCUT2D eigenvalue weighted by Crippen LogP contribution is -2.22. The fourth-order valence-corrected chi connectivity index (χ4v) is 1.12. The topological polar surface area (TPSA) is 51.1 Å². The second-order valence-electron chi connectivity index (χ2n) is 3.21. The van der Waals surface area contributed by atoms with E-state index >= 15 is 0 Å². The van der Waals surface area contributed by atoms with E-state index in [2.05, 4.69) is 5.32 Å². The first-order valence-corrected chi connectivity index (χ1v) is 4.91. The molecule has 4 nitrogen and oxygen atoms in total. The van der Waals surface area contributed by atoms with E-state index in [0.717, 1.165) is 0 Å². The SMILES string of the molecule is CC=CC=CC(=O)Nc1cccn(C)c1=O. The van der Waals surface area contributed by atoms with Crippen LogP contribution in [0.25, 0.3) is 0 Å². The molecule has 1 rings (SSSR count). The molecule has 4 heteroatoms. The Hall–Kier alpha value is -2.10. The molecule has 1 N–H and O–H groups in total. The van der Waals surface area contributed by atoms with E-state index in [-0.39, 0.29) is 17.2 Å². The lowest BCUT2D eigenvalue weighted by Gasteiger charge is -2.02. The zero-order valence-corrected chi connectivity index (χ0v) is 9.31. The highest BCUT2D eigenvalue weighted by atomic mass is 16.2. The van der Waals surface area contributed by atoms with Crippen molar-refractivity contribution in [2.45, 2.75) is 6.92 Å². The Kier molecular flexibility index (Phi) is 4.27. The number of allylic oxidation sites excluding steroid dienone is 3. The van der Waals surface area contributed by atoms with Gasteiger partial charge in [-0.25, -0.2) is 0 Å². The number of aryl methyl sites for hydroxylation is 1. The zero-order chi connectivity index (χ0) is 12.0. The molecule has 0 unspecified atom stereocenters. The van der Waals surface area contributed by atoms with Crippen LogP contribution in [0.1, 0.15) is 6.92 Å². The summed E-state index contributed by atoms with van der Waals surface area (Å²) in [6.45, 7) is 1.86. The summed E-state index contributed by atoms with van der Waals surface area (Å²) >= 11 is 0. The molecular formula is C12H14N2O2. The Morgan fingerprint density at radius 1 is 1.44 bits per heavy atom. The van der Waals surface area contributed by atoms with E-state index in [9.17, 15) is 9.59 Å². The Bertz CT molecular complexity index is 484. The molecule has 0 fully saturated rings. The van der Waals surface area contributed by atoms with Gasteiger partial charge in [-0.2, -0.15) is 0 Å². The van der Waals surface area contributed by atoms with Gasteiger partial charge < -0.3 is 9.88 Å². The van der Waals surface area contributed by atoms with Crippen LogP contribution >= 0.6 is 0 Å². The number of pyridine rings is 1. The van der Waals surface area contributed by atoms with Crippen LogP contribution in [0.15, 0.2) is 47.4 Å². The molecule has 0 aliphatic rings. The van der Waals surface area contributed by atoms with Gasteiger partial charge >= 0.3 is 0 Å². The average Bonchev–Trinajstić information content (AvgIpc) is 2.25. The minimum atomic E-state index is -0.318. The van der Waals surface area contributed by atoms with Crippen molar-refractivity contribution < 1.29 is 4.79 Å². The second kappa shape index (κ2) is 5.70. The molecule has 16 heavy (non-hydrogen) atoms. The quantitative estimate of drug-likeness (QED) is 0.616. The van der Waals surface area contributed by atoms with Gasteiger partial charge in [0.1, 0.15) is 5.69 Å². The highest BCUT2D eigenvalue weighted by Crippen LogP contribution is 1.97. The smallest absolute Gasteiger partial charge is 0.274 e. The monoisotopic (exact) mass is 218 g/mol.